The average molecular weight is 1230 g/mol. The number of rotatable bonds is 52. The van der Waals surface area contributed by atoms with Crippen molar-refractivity contribution in [3.05, 3.63) is 36.5 Å². The number of amides is 1. The number of allylic oxidation sites excluding steroid dienone is 5. The molecular weight excluding hydrogens is 1110 g/mol. The molecule has 3 aliphatic rings. The van der Waals surface area contributed by atoms with Crippen LogP contribution in [0, 0.1) is 0 Å². The number of unbranched alkanes of at least 4 members (excludes halogenated alkanes) is 32. The molecule has 86 heavy (non-hydrogen) atoms. The molecule has 0 aromatic heterocycles. The van der Waals surface area contributed by atoms with Gasteiger partial charge in [-0.05, 0) is 44.9 Å². The van der Waals surface area contributed by atoms with Gasteiger partial charge in [-0.2, -0.15) is 0 Å². The van der Waals surface area contributed by atoms with Crippen molar-refractivity contribution < 1.29 is 89.4 Å². The van der Waals surface area contributed by atoms with Crippen molar-refractivity contribution in [1.29, 1.82) is 0 Å². The lowest BCUT2D eigenvalue weighted by molar-refractivity contribution is -0.379. The summed E-state index contributed by atoms with van der Waals surface area (Å²) in [5.74, 6) is -0.288. The smallest absolute Gasteiger partial charge is 0.220 e. The molecule has 1 amide bonds. The third-order valence-corrected chi connectivity index (χ3v) is 17.2. The Bertz CT molecular complexity index is 1710. The van der Waals surface area contributed by atoms with E-state index in [9.17, 15) is 61.0 Å². The van der Waals surface area contributed by atoms with E-state index in [1.807, 2.05) is 6.08 Å². The molecular formula is C67H123NO18. The van der Waals surface area contributed by atoms with Gasteiger partial charge in [0.05, 0.1) is 38.6 Å². The quantitative estimate of drug-likeness (QED) is 0.0201. The number of ether oxygens (including phenoxy) is 6. The van der Waals surface area contributed by atoms with E-state index < -0.39 is 124 Å². The minimum Gasteiger partial charge on any atom is -0.394 e. The molecule has 0 saturated carbocycles. The second kappa shape index (κ2) is 49.7. The van der Waals surface area contributed by atoms with E-state index in [4.69, 9.17) is 28.4 Å². The largest absolute Gasteiger partial charge is 0.394 e. The Balaban J connectivity index is 1.45. The Hall–Kier alpha value is -1.99. The first-order valence-electron chi connectivity index (χ1n) is 34.2. The van der Waals surface area contributed by atoms with E-state index in [2.05, 4.69) is 43.5 Å². The summed E-state index contributed by atoms with van der Waals surface area (Å²) in [7, 11) is 0. The Kier molecular flexibility index (Phi) is 45.2. The van der Waals surface area contributed by atoms with Gasteiger partial charge in [0.2, 0.25) is 5.91 Å². The molecule has 0 aliphatic carbocycles. The zero-order valence-corrected chi connectivity index (χ0v) is 53.0. The third-order valence-electron chi connectivity index (χ3n) is 17.2. The van der Waals surface area contributed by atoms with Crippen molar-refractivity contribution >= 4 is 5.91 Å². The van der Waals surface area contributed by atoms with Gasteiger partial charge in [0.25, 0.3) is 0 Å². The fourth-order valence-electron chi connectivity index (χ4n) is 11.6. The Morgan fingerprint density at radius 2 is 0.744 bits per heavy atom. The molecule has 3 rings (SSSR count). The first-order valence-corrected chi connectivity index (χ1v) is 34.2. The van der Waals surface area contributed by atoms with Gasteiger partial charge in [-0.3, -0.25) is 4.79 Å². The highest BCUT2D eigenvalue weighted by molar-refractivity contribution is 5.76. The zero-order chi connectivity index (χ0) is 62.6. The van der Waals surface area contributed by atoms with Gasteiger partial charge in [-0.1, -0.05) is 237 Å². The fourth-order valence-corrected chi connectivity index (χ4v) is 11.6. The standard InChI is InChI=1S/C67H123NO18/c1-3-5-7-9-11-13-15-17-19-20-21-22-23-24-25-26-27-28-29-30-31-32-34-36-38-40-42-44-51(72)50(68-55(73)45-43-41-39-37-35-33-18-16-14-12-10-8-6-4-2)49-81-65-61(79)58(76)63(53(47-70)83-65)86-67-62(80)59(77)64(54(48-71)84-67)85-66-60(78)57(75)56(74)52(46-69)82-66/h29-30,34,36,42,44,50-54,56-67,69-72,74-80H,3-28,31-33,35,37-41,43,45-49H2,1-2H3,(H,68,73)/b30-29+,36-34+,44-42+. The maximum absolute atomic E-state index is 13.3. The summed E-state index contributed by atoms with van der Waals surface area (Å²) in [5, 5.41) is 120. The molecule has 19 nitrogen and oxygen atoms in total. The summed E-state index contributed by atoms with van der Waals surface area (Å²) in [5.41, 5.74) is 0. The van der Waals surface area contributed by atoms with Crippen molar-refractivity contribution in [1.82, 2.24) is 5.32 Å². The molecule has 0 spiro atoms. The second-order valence-corrected chi connectivity index (χ2v) is 24.6. The number of nitrogens with one attached hydrogen (secondary N) is 1. The van der Waals surface area contributed by atoms with Crippen LogP contribution < -0.4 is 5.32 Å². The lowest BCUT2D eigenvalue weighted by Gasteiger charge is -2.48. The summed E-state index contributed by atoms with van der Waals surface area (Å²) in [6.07, 6.45) is 29.9. The second-order valence-electron chi connectivity index (χ2n) is 24.6. The topological polar surface area (TPSA) is 307 Å². The van der Waals surface area contributed by atoms with Crippen molar-refractivity contribution in [2.24, 2.45) is 0 Å². The highest BCUT2D eigenvalue weighted by atomic mass is 16.8. The van der Waals surface area contributed by atoms with E-state index in [-0.39, 0.29) is 18.9 Å². The zero-order valence-electron chi connectivity index (χ0n) is 53.0. The van der Waals surface area contributed by atoms with E-state index >= 15 is 0 Å². The lowest BCUT2D eigenvalue weighted by Crippen LogP contribution is -2.66. The van der Waals surface area contributed by atoms with Crippen LogP contribution >= 0.6 is 0 Å². The molecule has 0 radical (unpaired) electrons. The maximum Gasteiger partial charge on any atom is 0.220 e. The summed E-state index contributed by atoms with van der Waals surface area (Å²) < 4.78 is 34.3. The Labute approximate surface area is 517 Å². The Morgan fingerprint density at radius 1 is 0.407 bits per heavy atom. The van der Waals surface area contributed by atoms with Crippen LogP contribution in [0.1, 0.15) is 251 Å². The van der Waals surface area contributed by atoms with Crippen molar-refractivity contribution in [2.45, 2.75) is 356 Å². The third kappa shape index (κ3) is 31.8. The highest BCUT2D eigenvalue weighted by Crippen LogP contribution is 2.33. The van der Waals surface area contributed by atoms with Gasteiger partial charge in [-0.15, -0.1) is 0 Å². The van der Waals surface area contributed by atoms with Gasteiger partial charge in [-0.25, -0.2) is 0 Å². The van der Waals surface area contributed by atoms with Gasteiger partial charge in [0, 0.05) is 6.42 Å². The van der Waals surface area contributed by atoms with Crippen LogP contribution in [0.15, 0.2) is 36.5 Å². The molecule has 0 bridgehead atoms. The van der Waals surface area contributed by atoms with Crippen LogP contribution in [0.5, 0.6) is 0 Å². The monoisotopic (exact) mass is 1230 g/mol. The number of carbonyl (C=O) groups is 1. The van der Waals surface area contributed by atoms with E-state index in [1.54, 1.807) is 6.08 Å². The van der Waals surface area contributed by atoms with E-state index in [0.717, 1.165) is 44.9 Å². The van der Waals surface area contributed by atoms with Crippen LogP contribution in [0.25, 0.3) is 0 Å². The number of aliphatic hydroxyl groups is 11. The summed E-state index contributed by atoms with van der Waals surface area (Å²) in [6, 6.07) is -0.993. The number of aliphatic hydroxyl groups excluding tert-OH is 11. The van der Waals surface area contributed by atoms with Crippen molar-refractivity contribution in [3.63, 3.8) is 0 Å². The molecule has 17 atom stereocenters. The van der Waals surface area contributed by atoms with Crippen LogP contribution in [0.3, 0.4) is 0 Å². The molecule has 3 fully saturated rings. The molecule has 0 aromatic rings. The van der Waals surface area contributed by atoms with Gasteiger partial charge in [0.15, 0.2) is 18.9 Å². The predicted octanol–water partition coefficient (Wildman–Crippen LogP) is 8.44. The molecule has 12 N–H and O–H groups in total. The van der Waals surface area contributed by atoms with Gasteiger partial charge >= 0.3 is 0 Å². The van der Waals surface area contributed by atoms with Crippen LogP contribution in [-0.2, 0) is 33.2 Å². The van der Waals surface area contributed by atoms with Crippen LogP contribution in [-0.4, -0.2) is 193 Å². The number of hydrogen-bond acceptors (Lipinski definition) is 18. The molecule has 504 valence electrons. The normalized spacial score (nSPS) is 29.0. The van der Waals surface area contributed by atoms with E-state index in [0.29, 0.717) is 12.8 Å². The van der Waals surface area contributed by atoms with Crippen molar-refractivity contribution in [2.75, 3.05) is 26.4 Å². The predicted molar refractivity (Wildman–Crippen MR) is 333 cm³/mol. The first kappa shape index (κ1) is 78.3. The van der Waals surface area contributed by atoms with E-state index in [1.165, 1.54) is 173 Å². The Morgan fingerprint density at radius 3 is 1.16 bits per heavy atom. The minimum absolute atomic E-state index is 0.235. The molecule has 0 aromatic carbocycles. The molecule has 17 unspecified atom stereocenters. The van der Waals surface area contributed by atoms with Crippen LogP contribution in [0.4, 0.5) is 0 Å². The van der Waals surface area contributed by atoms with Crippen molar-refractivity contribution in [3.8, 4) is 0 Å². The summed E-state index contributed by atoms with van der Waals surface area (Å²) in [4.78, 5) is 13.3. The van der Waals surface area contributed by atoms with Crippen LogP contribution in [0.2, 0.25) is 0 Å². The maximum atomic E-state index is 13.3. The lowest BCUT2D eigenvalue weighted by atomic mass is 9.96. The minimum atomic E-state index is -1.98. The molecule has 19 heteroatoms. The number of carbonyl (C=O) groups excluding carboxylic acids is 1. The van der Waals surface area contributed by atoms with Gasteiger partial charge < -0.3 is 89.9 Å². The first-order chi connectivity index (χ1) is 41.8. The average Bonchev–Trinajstić information content (AvgIpc) is 2.32. The highest BCUT2D eigenvalue weighted by Gasteiger charge is 2.53. The molecule has 3 saturated heterocycles. The molecule has 3 heterocycles. The molecule has 3 aliphatic heterocycles. The summed E-state index contributed by atoms with van der Waals surface area (Å²) in [6.45, 7) is 1.72. The summed E-state index contributed by atoms with van der Waals surface area (Å²) >= 11 is 0. The van der Waals surface area contributed by atoms with Gasteiger partial charge in [0.1, 0.15) is 73.2 Å². The number of hydrogen-bond donors (Lipinski definition) is 12. The SMILES string of the molecule is CCCCCCCCCCCCCCCCCCC/C=C/CC/C=C/CC/C=C/C(O)C(COC1OC(CO)C(OC2OC(CO)C(OC3OC(CO)C(O)C(O)C3O)C(O)C2O)C(O)C1O)NC(=O)CCCCCCCCCCCCCCCC. The fraction of sp³-hybridized carbons (Fsp3) is 0.896.